The molecule has 1 unspecified atom stereocenters. The van der Waals surface area contributed by atoms with Gasteiger partial charge >= 0.3 is 5.97 Å². The summed E-state index contributed by atoms with van der Waals surface area (Å²) >= 11 is 2.02. The molecule has 0 bridgehead atoms. The van der Waals surface area contributed by atoms with Crippen LogP contribution in [0.1, 0.15) is 23.2 Å². The number of nitrogens with zero attached hydrogens (tertiary/aromatic N) is 1. The van der Waals surface area contributed by atoms with Crippen molar-refractivity contribution in [3.05, 3.63) is 27.6 Å². The van der Waals surface area contributed by atoms with E-state index in [9.17, 15) is 9.59 Å². The number of hydrogen-bond acceptors (Lipinski definition) is 4. The first-order valence-corrected chi connectivity index (χ1v) is 7.20. The quantitative estimate of drug-likeness (QED) is 0.189. The molecular weight excluding hydrogens is 389 g/mol. The molecule has 0 saturated carbocycles. The van der Waals surface area contributed by atoms with E-state index in [2.05, 4.69) is 15.6 Å². The molecule has 0 aliphatic carbocycles. The Hall–Kier alpha value is -1.91. The van der Waals surface area contributed by atoms with Crippen LogP contribution in [0.5, 0.6) is 0 Å². The Labute approximate surface area is 135 Å². The van der Waals surface area contributed by atoms with Crippen molar-refractivity contribution in [2.45, 2.75) is 18.9 Å². The number of aromatic nitrogens is 1. The van der Waals surface area contributed by atoms with Gasteiger partial charge in [-0.2, -0.15) is 0 Å². The maximum Gasteiger partial charge on any atom is 0.326 e. The highest BCUT2D eigenvalue weighted by atomic mass is 127. The molecule has 21 heavy (non-hydrogen) atoms. The number of carbonyl (C=O) groups excluding carboxylic acids is 1. The van der Waals surface area contributed by atoms with Gasteiger partial charge in [0.2, 0.25) is 0 Å². The van der Waals surface area contributed by atoms with E-state index in [1.54, 1.807) is 12.3 Å². The number of carbonyl (C=O) groups is 2. The number of pyridine rings is 1. The molecule has 1 aromatic rings. The Morgan fingerprint density at radius 1 is 1.48 bits per heavy atom. The number of guanidine groups is 1. The summed E-state index contributed by atoms with van der Waals surface area (Å²) in [4.78, 5) is 27.0. The normalized spacial score (nSPS) is 11.5. The Morgan fingerprint density at radius 2 is 2.19 bits per heavy atom. The van der Waals surface area contributed by atoms with E-state index < -0.39 is 17.9 Å². The SMILES string of the molecule is N=C(N)NCCCC(NC(=O)c1cncc(I)c1)C(=O)O. The van der Waals surface area contributed by atoms with E-state index in [1.807, 2.05) is 22.6 Å². The van der Waals surface area contributed by atoms with Gasteiger partial charge in [-0.25, -0.2) is 4.79 Å². The molecule has 1 amide bonds. The fraction of sp³-hybridized carbons (Fsp3) is 0.333. The lowest BCUT2D eigenvalue weighted by Crippen LogP contribution is -2.41. The number of aliphatic carboxylic acids is 1. The third-order valence-electron chi connectivity index (χ3n) is 2.56. The minimum Gasteiger partial charge on any atom is -0.480 e. The monoisotopic (exact) mass is 405 g/mol. The van der Waals surface area contributed by atoms with E-state index in [-0.39, 0.29) is 12.4 Å². The first kappa shape index (κ1) is 17.1. The van der Waals surface area contributed by atoms with Crippen molar-refractivity contribution in [2.24, 2.45) is 5.73 Å². The second-order valence-electron chi connectivity index (χ2n) is 4.24. The summed E-state index contributed by atoms with van der Waals surface area (Å²) in [5.74, 6) is -1.76. The number of amides is 1. The molecule has 1 rings (SSSR count). The zero-order valence-corrected chi connectivity index (χ0v) is 13.3. The Bertz CT molecular complexity index is 537. The number of carboxylic acids is 1. The van der Waals surface area contributed by atoms with Crippen LogP contribution in [0.4, 0.5) is 0 Å². The third-order valence-corrected chi connectivity index (χ3v) is 3.15. The molecule has 6 N–H and O–H groups in total. The lowest BCUT2D eigenvalue weighted by Gasteiger charge is -2.14. The van der Waals surface area contributed by atoms with Gasteiger partial charge in [-0.15, -0.1) is 0 Å². The van der Waals surface area contributed by atoms with Gasteiger partial charge in [0.05, 0.1) is 5.56 Å². The minimum atomic E-state index is -1.11. The van der Waals surface area contributed by atoms with Crippen LogP contribution in [0, 0.1) is 8.98 Å². The van der Waals surface area contributed by atoms with Gasteiger partial charge < -0.3 is 21.5 Å². The number of halogens is 1. The molecule has 0 aromatic carbocycles. The van der Waals surface area contributed by atoms with Crippen molar-refractivity contribution in [2.75, 3.05) is 6.54 Å². The molecule has 0 spiro atoms. The van der Waals surface area contributed by atoms with E-state index in [4.69, 9.17) is 16.2 Å². The summed E-state index contributed by atoms with van der Waals surface area (Å²) < 4.78 is 0.790. The predicted molar refractivity (Wildman–Crippen MR) is 85.0 cm³/mol. The molecular formula is C12H16IN5O3. The standard InChI is InChI=1S/C12H16IN5O3/c13-8-4-7(5-16-6-8)10(19)18-9(11(20)21)2-1-3-17-12(14)15/h4-6,9H,1-3H2,(H,18,19)(H,20,21)(H4,14,15,17). The molecule has 0 aliphatic rings. The van der Waals surface area contributed by atoms with E-state index >= 15 is 0 Å². The van der Waals surface area contributed by atoms with Crippen molar-refractivity contribution in [3.8, 4) is 0 Å². The van der Waals surface area contributed by atoms with Gasteiger partial charge in [-0.1, -0.05) is 0 Å². The van der Waals surface area contributed by atoms with Gasteiger partial charge in [-0.05, 0) is 41.5 Å². The Morgan fingerprint density at radius 3 is 2.76 bits per heavy atom. The highest BCUT2D eigenvalue weighted by molar-refractivity contribution is 14.1. The molecule has 9 heteroatoms. The number of nitrogens with two attached hydrogens (primary N) is 1. The molecule has 1 heterocycles. The van der Waals surface area contributed by atoms with Crippen LogP contribution in [-0.2, 0) is 4.79 Å². The molecule has 0 fully saturated rings. The van der Waals surface area contributed by atoms with Crippen LogP contribution in [-0.4, -0.2) is 40.5 Å². The van der Waals surface area contributed by atoms with Crippen LogP contribution in [0.2, 0.25) is 0 Å². The number of rotatable bonds is 7. The highest BCUT2D eigenvalue weighted by Gasteiger charge is 2.20. The van der Waals surface area contributed by atoms with E-state index in [0.717, 1.165) is 3.57 Å². The maximum absolute atomic E-state index is 12.0. The average Bonchev–Trinajstić information content (AvgIpc) is 2.41. The molecule has 0 aliphatic heterocycles. The molecule has 8 nitrogen and oxygen atoms in total. The van der Waals surface area contributed by atoms with Crippen LogP contribution >= 0.6 is 22.6 Å². The van der Waals surface area contributed by atoms with Crippen LogP contribution < -0.4 is 16.4 Å². The fourth-order valence-electron chi connectivity index (χ4n) is 1.56. The molecule has 114 valence electrons. The summed E-state index contributed by atoms with van der Waals surface area (Å²) in [5.41, 5.74) is 5.43. The second kappa shape index (κ2) is 8.39. The zero-order valence-electron chi connectivity index (χ0n) is 11.1. The van der Waals surface area contributed by atoms with E-state index in [1.165, 1.54) is 6.20 Å². The Kier molecular flexibility index (Phi) is 6.85. The van der Waals surface area contributed by atoms with Crippen molar-refractivity contribution < 1.29 is 14.7 Å². The largest absolute Gasteiger partial charge is 0.480 e. The highest BCUT2D eigenvalue weighted by Crippen LogP contribution is 2.06. The van der Waals surface area contributed by atoms with Gasteiger partial charge in [-0.3, -0.25) is 15.2 Å². The van der Waals surface area contributed by atoms with Gasteiger partial charge in [0.15, 0.2) is 5.96 Å². The molecule has 1 atom stereocenters. The van der Waals surface area contributed by atoms with Crippen molar-refractivity contribution >= 4 is 40.4 Å². The van der Waals surface area contributed by atoms with Crippen LogP contribution in [0.3, 0.4) is 0 Å². The van der Waals surface area contributed by atoms with Gasteiger partial charge in [0, 0.05) is 22.5 Å². The number of nitrogens with one attached hydrogen (secondary N) is 3. The van der Waals surface area contributed by atoms with Gasteiger partial charge in [0.1, 0.15) is 6.04 Å². The van der Waals surface area contributed by atoms with E-state index in [0.29, 0.717) is 18.5 Å². The van der Waals surface area contributed by atoms with Gasteiger partial charge in [0.25, 0.3) is 5.91 Å². The average molecular weight is 405 g/mol. The van der Waals surface area contributed by atoms with Crippen LogP contribution in [0.25, 0.3) is 0 Å². The van der Waals surface area contributed by atoms with Crippen molar-refractivity contribution in [1.29, 1.82) is 5.41 Å². The smallest absolute Gasteiger partial charge is 0.326 e. The topological polar surface area (TPSA) is 141 Å². The zero-order chi connectivity index (χ0) is 15.8. The first-order valence-electron chi connectivity index (χ1n) is 6.12. The number of carboxylic acid groups (broad SMARTS) is 1. The summed E-state index contributed by atoms with van der Waals surface area (Å²) in [6.07, 6.45) is 3.67. The lowest BCUT2D eigenvalue weighted by atomic mass is 10.1. The molecule has 0 saturated heterocycles. The maximum atomic E-state index is 12.0. The lowest BCUT2D eigenvalue weighted by molar-refractivity contribution is -0.139. The minimum absolute atomic E-state index is 0.171. The third kappa shape index (κ3) is 6.38. The summed E-state index contributed by atoms with van der Waals surface area (Å²) in [6.45, 7) is 0.375. The summed E-state index contributed by atoms with van der Waals surface area (Å²) in [6, 6.07) is 0.628. The predicted octanol–water partition coefficient (Wildman–Crippen LogP) is 0.132. The van der Waals surface area contributed by atoms with Crippen molar-refractivity contribution in [3.63, 3.8) is 0 Å². The van der Waals surface area contributed by atoms with Crippen molar-refractivity contribution in [1.82, 2.24) is 15.6 Å². The molecule has 1 aromatic heterocycles. The number of hydrogen-bond donors (Lipinski definition) is 5. The second-order valence-corrected chi connectivity index (χ2v) is 5.48. The first-order chi connectivity index (χ1) is 9.90. The summed E-state index contributed by atoms with van der Waals surface area (Å²) in [7, 11) is 0. The van der Waals surface area contributed by atoms with Crippen LogP contribution in [0.15, 0.2) is 18.5 Å². The fourth-order valence-corrected chi connectivity index (χ4v) is 2.06. The molecule has 0 radical (unpaired) electrons. The Balaban J connectivity index is 2.55. The summed E-state index contributed by atoms with van der Waals surface area (Å²) in [5, 5.41) is 21.1.